The summed E-state index contributed by atoms with van der Waals surface area (Å²) in [6, 6.07) is 0.600. The zero-order valence-corrected chi connectivity index (χ0v) is 8.34. The standard InChI is InChI=1S/C10H18N2O/c1-3-4-7(2)10(13)12-9-5-8(11)6-9/h4,8-9H,3,5-6,11H2,1-2H3,(H,12,13)/b7-4+. The van der Waals surface area contributed by atoms with E-state index in [0.717, 1.165) is 24.8 Å². The SMILES string of the molecule is CC/C=C(\C)C(=O)NC1CC(N)C1. The second-order valence-corrected chi connectivity index (χ2v) is 3.70. The maximum absolute atomic E-state index is 11.4. The molecule has 3 heteroatoms. The van der Waals surface area contributed by atoms with Crippen molar-refractivity contribution in [3.63, 3.8) is 0 Å². The Morgan fingerprint density at radius 2 is 2.23 bits per heavy atom. The zero-order valence-electron chi connectivity index (χ0n) is 8.34. The molecule has 0 aliphatic heterocycles. The highest BCUT2D eigenvalue weighted by molar-refractivity contribution is 5.92. The van der Waals surface area contributed by atoms with E-state index in [-0.39, 0.29) is 5.91 Å². The van der Waals surface area contributed by atoms with Crippen molar-refractivity contribution in [3.05, 3.63) is 11.6 Å². The number of hydrogen-bond acceptors (Lipinski definition) is 2. The molecule has 1 fully saturated rings. The van der Waals surface area contributed by atoms with E-state index in [2.05, 4.69) is 5.32 Å². The van der Waals surface area contributed by atoms with E-state index in [1.807, 2.05) is 19.9 Å². The fourth-order valence-electron chi connectivity index (χ4n) is 1.48. The van der Waals surface area contributed by atoms with Crippen LogP contribution in [0.2, 0.25) is 0 Å². The summed E-state index contributed by atoms with van der Waals surface area (Å²) < 4.78 is 0. The van der Waals surface area contributed by atoms with Crippen LogP contribution in [0.1, 0.15) is 33.1 Å². The minimum atomic E-state index is 0.0544. The lowest BCUT2D eigenvalue weighted by Crippen LogP contribution is -2.50. The van der Waals surface area contributed by atoms with Crippen molar-refractivity contribution >= 4 is 5.91 Å². The third-order valence-corrected chi connectivity index (χ3v) is 2.38. The van der Waals surface area contributed by atoms with Crippen molar-refractivity contribution in [1.29, 1.82) is 0 Å². The maximum atomic E-state index is 11.4. The number of allylic oxidation sites excluding steroid dienone is 1. The van der Waals surface area contributed by atoms with Gasteiger partial charge >= 0.3 is 0 Å². The van der Waals surface area contributed by atoms with Gasteiger partial charge in [-0.05, 0) is 26.2 Å². The molecule has 0 aromatic carbocycles. The van der Waals surface area contributed by atoms with Crippen LogP contribution < -0.4 is 11.1 Å². The minimum absolute atomic E-state index is 0.0544. The molecule has 0 saturated heterocycles. The summed E-state index contributed by atoms with van der Waals surface area (Å²) in [5, 5.41) is 2.94. The highest BCUT2D eigenvalue weighted by atomic mass is 16.1. The topological polar surface area (TPSA) is 55.1 Å². The van der Waals surface area contributed by atoms with Gasteiger partial charge in [-0.1, -0.05) is 13.0 Å². The van der Waals surface area contributed by atoms with Crippen LogP contribution in [0.4, 0.5) is 0 Å². The lowest BCUT2D eigenvalue weighted by Gasteiger charge is -2.33. The number of hydrogen-bond donors (Lipinski definition) is 2. The molecule has 0 aromatic heterocycles. The number of nitrogens with one attached hydrogen (secondary N) is 1. The number of nitrogens with two attached hydrogens (primary N) is 1. The molecule has 0 aromatic rings. The quantitative estimate of drug-likeness (QED) is 0.638. The number of amides is 1. The normalized spacial score (nSPS) is 28.1. The highest BCUT2D eigenvalue weighted by Crippen LogP contribution is 2.17. The van der Waals surface area contributed by atoms with Gasteiger partial charge in [0.1, 0.15) is 0 Å². The second-order valence-electron chi connectivity index (χ2n) is 3.70. The lowest BCUT2D eigenvalue weighted by atomic mass is 9.87. The Bertz CT molecular complexity index is 217. The Morgan fingerprint density at radius 3 is 2.69 bits per heavy atom. The molecule has 1 aliphatic rings. The predicted octanol–water partition coefficient (Wildman–Crippen LogP) is 0.949. The molecule has 0 radical (unpaired) electrons. The molecule has 0 unspecified atom stereocenters. The highest BCUT2D eigenvalue weighted by Gasteiger charge is 2.27. The van der Waals surface area contributed by atoms with Crippen LogP contribution in [0.15, 0.2) is 11.6 Å². The summed E-state index contributed by atoms with van der Waals surface area (Å²) in [7, 11) is 0. The number of rotatable bonds is 3. The van der Waals surface area contributed by atoms with Gasteiger partial charge in [0, 0.05) is 17.7 Å². The van der Waals surface area contributed by atoms with Crippen molar-refractivity contribution in [3.8, 4) is 0 Å². The average Bonchev–Trinajstić information content (AvgIpc) is 2.02. The summed E-state index contributed by atoms with van der Waals surface area (Å²) >= 11 is 0. The van der Waals surface area contributed by atoms with E-state index in [0.29, 0.717) is 12.1 Å². The Kier molecular flexibility index (Phi) is 3.48. The van der Waals surface area contributed by atoms with E-state index in [1.54, 1.807) is 0 Å². The van der Waals surface area contributed by atoms with Gasteiger partial charge in [0.2, 0.25) is 5.91 Å². The number of carbonyl (C=O) groups excluding carboxylic acids is 1. The van der Waals surface area contributed by atoms with Gasteiger partial charge in [0.25, 0.3) is 0 Å². The van der Waals surface area contributed by atoms with Crippen molar-refractivity contribution in [1.82, 2.24) is 5.32 Å². The van der Waals surface area contributed by atoms with Gasteiger partial charge in [-0.15, -0.1) is 0 Å². The fraction of sp³-hybridized carbons (Fsp3) is 0.700. The molecular weight excluding hydrogens is 164 g/mol. The molecular formula is C10H18N2O. The average molecular weight is 182 g/mol. The first-order chi connectivity index (χ1) is 6.13. The molecule has 0 atom stereocenters. The molecule has 0 heterocycles. The molecule has 3 N–H and O–H groups in total. The Morgan fingerprint density at radius 1 is 1.62 bits per heavy atom. The van der Waals surface area contributed by atoms with Gasteiger partial charge in [0.15, 0.2) is 0 Å². The molecule has 13 heavy (non-hydrogen) atoms. The van der Waals surface area contributed by atoms with Gasteiger partial charge in [-0.2, -0.15) is 0 Å². The summed E-state index contributed by atoms with van der Waals surface area (Å²) in [4.78, 5) is 11.4. The Balaban J connectivity index is 2.29. The summed E-state index contributed by atoms with van der Waals surface area (Å²) in [5.41, 5.74) is 6.42. The summed E-state index contributed by atoms with van der Waals surface area (Å²) in [6.07, 6.45) is 4.69. The van der Waals surface area contributed by atoms with Crippen LogP contribution in [0, 0.1) is 0 Å². The largest absolute Gasteiger partial charge is 0.349 e. The Hall–Kier alpha value is -0.830. The second kappa shape index (κ2) is 4.42. The third-order valence-electron chi connectivity index (χ3n) is 2.38. The molecule has 1 saturated carbocycles. The molecule has 0 spiro atoms. The monoisotopic (exact) mass is 182 g/mol. The first-order valence-corrected chi connectivity index (χ1v) is 4.86. The van der Waals surface area contributed by atoms with Crippen molar-refractivity contribution < 1.29 is 4.79 Å². The van der Waals surface area contributed by atoms with Crippen LogP contribution in [0.5, 0.6) is 0 Å². The minimum Gasteiger partial charge on any atom is -0.349 e. The smallest absolute Gasteiger partial charge is 0.246 e. The van der Waals surface area contributed by atoms with Gasteiger partial charge in [-0.25, -0.2) is 0 Å². The van der Waals surface area contributed by atoms with Crippen LogP contribution >= 0.6 is 0 Å². The lowest BCUT2D eigenvalue weighted by molar-refractivity contribution is -0.118. The van der Waals surface area contributed by atoms with Crippen LogP contribution in [0.3, 0.4) is 0 Å². The molecule has 74 valence electrons. The first kappa shape index (κ1) is 10.3. The Labute approximate surface area is 79.4 Å². The van der Waals surface area contributed by atoms with Gasteiger partial charge < -0.3 is 11.1 Å². The van der Waals surface area contributed by atoms with Crippen molar-refractivity contribution in [2.24, 2.45) is 5.73 Å². The van der Waals surface area contributed by atoms with E-state index >= 15 is 0 Å². The molecule has 0 bridgehead atoms. The third kappa shape index (κ3) is 2.84. The van der Waals surface area contributed by atoms with Crippen LogP contribution in [0.25, 0.3) is 0 Å². The van der Waals surface area contributed by atoms with Crippen LogP contribution in [-0.2, 0) is 4.79 Å². The van der Waals surface area contributed by atoms with Crippen LogP contribution in [-0.4, -0.2) is 18.0 Å². The fourth-order valence-corrected chi connectivity index (χ4v) is 1.48. The molecule has 1 aliphatic carbocycles. The summed E-state index contributed by atoms with van der Waals surface area (Å²) in [6.45, 7) is 3.87. The first-order valence-electron chi connectivity index (χ1n) is 4.86. The molecule has 1 rings (SSSR count). The van der Waals surface area contributed by atoms with E-state index < -0.39 is 0 Å². The van der Waals surface area contributed by atoms with E-state index in [1.165, 1.54) is 0 Å². The molecule has 1 amide bonds. The zero-order chi connectivity index (χ0) is 9.84. The predicted molar refractivity (Wildman–Crippen MR) is 53.2 cm³/mol. The van der Waals surface area contributed by atoms with Crippen molar-refractivity contribution in [2.45, 2.75) is 45.2 Å². The van der Waals surface area contributed by atoms with E-state index in [9.17, 15) is 4.79 Å². The van der Waals surface area contributed by atoms with Gasteiger partial charge in [0.05, 0.1) is 0 Å². The van der Waals surface area contributed by atoms with Crippen molar-refractivity contribution in [2.75, 3.05) is 0 Å². The maximum Gasteiger partial charge on any atom is 0.246 e. The van der Waals surface area contributed by atoms with Gasteiger partial charge in [-0.3, -0.25) is 4.79 Å². The van der Waals surface area contributed by atoms with E-state index in [4.69, 9.17) is 5.73 Å². The number of carbonyl (C=O) groups is 1. The molecule has 3 nitrogen and oxygen atoms in total. The summed E-state index contributed by atoms with van der Waals surface area (Å²) in [5.74, 6) is 0.0544.